The molecule has 0 amide bonds. The number of ether oxygens (including phenoxy) is 1. The number of benzene rings is 2. The molecule has 0 bridgehead atoms. The molecular weight excluding hydrogens is 357 g/mol. The first kappa shape index (κ1) is 18.1. The van der Waals surface area contributed by atoms with Crippen molar-refractivity contribution in [3.63, 3.8) is 0 Å². The Labute approximate surface area is 146 Å². The van der Waals surface area contributed by atoms with Crippen LogP contribution in [0.5, 0.6) is 5.75 Å². The van der Waals surface area contributed by atoms with Crippen LogP contribution >= 0.6 is 23.2 Å². The fourth-order valence-corrected chi connectivity index (χ4v) is 4.16. The maximum absolute atomic E-state index is 12.7. The zero-order chi connectivity index (χ0) is 17.2. The molecule has 2 rings (SSSR count). The maximum Gasteiger partial charge on any atom is 0.244 e. The third kappa shape index (κ3) is 3.80. The second kappa shape index (κ2) is 7.09. The standard InChI is InChI=1S/C16H17Cl2NO3S/c1-11-5-4-6-12(9-11)10-19(2)23(20,21)14-8-7-13(22-3)15(17)16(14)18/h4-9H,10H2,1-3H3. The van der Waals surface area contributed by atoms with E-state index < -0.39 is 10.0 Å². The van der Waals surface area contributed by atoms with Crippen molar-refractivity contribution in [3.8, 4) is 5.75 Å². The minimum absolute atomic E-state index is 0.0397. The molecule has 4 nitrogen and oxygen atoms in total. The average Bonchev–Trinajstić information content (AvgIpc) is 2.49. The van der Waals surface area contributed by atoms with Crippen molar-refractivity contribution in [2.45, 2.75) is 18.4 Å². The fourth-order valence-electron chi connectivity index (χ4n) is 2.19. The molecule has 0 aromatic heterocycles. The SMILES string of the molecule is COc1ccc(S(=O)(=O)N(C)Cc2cccc(C)c2)c(Cl)c1Cl. The number of sulfonamides is 1. The van der Waals surface area contributed by atoms with Gasteiger partial charge in [-0.15, -0.1) is 0 Å². The van der Waals surface area contributed by atoms with Crippen LogP contribution in [-0.2, 0) is 16.6 Å². The first-order chi connectivity index (χ1) is 10.8. The summed E-state index contributed by atoms with van der Waals surface area (Å²) in [5, 5.41) is 0.0429. The van der Waals surface area contributed by atoms with Crippen molar-refractivity contribution < 1.29 is 13.2 Å². The Morgan fingerprint density at radius 2 is 1.83 bits per heavy atom. The van der Waals surface area contributed by atoms with Gasteiger partial charge in [-0.05, 0) is 24.6 Å². The van der Waals surface area contributed by atoms with E-state index in [1.165, 1.54) is 30.6 Å². The molecule has 124 valence electrons. The maximum atomic E-state index is 12.7. The van der Waals surface area contributed by atoms with Gasteiger partial charge in [0, 0.05) is 13.6 Å². The lowest BCUT2D eigenvalue weighted by Gasteiger charge is -2.19. The van der Waals surface area contributed by atoms with Gasteiger partial charge in [-0.3, -0.25) is 0 Å². The summed E-state index contributed by atoms with van der Waals surface area (Å²) in [4.78, 5) is -0.0416. The minimum Gasteiger partial charge on any atom is -0.495 e. The largest absolute Gasteiger partial charge is 0.495 e. The second-order valence-corrected chi connectivity index (χ2v) is 7.91. The predicted octanol–water partition coefficient (Wildman–Crippen LogP) is 4.13. The molecule has 0 spiro atoms. The summed E-state index contributed by atoms with van der Waals surface area (Å²) in [7, 11) is -0.821. The van der Waals surface area contributed by atoms with Gasteiger partial charge in [0.15, 0.2) is 0 Å². The Bertz CT molecular complexity index is 822. The molecular formula is C16H17Cl2NO3S. The minimum atomic E-state index is -3.77. The Hall–Kier alpha value is -1.27. The van der Waals surface area contributed by atoms with Crippen LogP contribution in [0.15, 0.2) is 41.3 Å². The Morgan fingerprint density at radius 1 is 1.13 bits per heavy atom. The molecule has 0 radical (unpaired) electrons. The van der Waals surface area contributed by atoms with Crippen LogP contribution in [0.25, 0.3) is 0 Å². The molecule has 23 heavy (non-hydrogen) atoms. The zero-order valence-corrected chi connectivity index (χ0v) is 15.3. The topological polar surface area (TPSA) is 46.6 Å². The van der Waals surface area contributed by atoms with Crippen molar-refractivity contribution in [1.29, 1.82) is 0 Å². The first-order valence-electron chi connectivity index (χ1n) is 6.81. The molecule has 0 heterocycles. The van der Waals surface area contributed by atoms with Gasteiger partial charge in [0.1, 0.15) is 15.7 Å². The van der Waals surface area contributed by atoms with Crippen LogP contribution in [0.3, 0.4) is 0 Å². The molecule has 0 atom stereocenters. The summed E-state index contributed by atoms with van der Waals surface area (Å²) in [5.41, 5.74) is 1.96. The highest BCUT2D eigenvalue weighted by molar-refractivity contribution is 7.89. The van der Waals surface area contributed by atoms with E-state index in [1.54, 1.807) is 0 Å². The van der Waals surface area contributed by atoms with Crippen LogP contribution < -0.4 is 4.74 Å². The summed E-state index contributed by atoms with van der Waals surface area (Å²) in [5.74, 6) is 0.331. The summed E-state index contributed by atoms with van der Waals surface area (Å²) in [6.07, 6.45) is 0. The Kier molecular flexibility index (Phi) is 5.57. The van der Waals surface area contributed by atoms with E-state index in [-0.39, 0.29) is 21.5 Å². The van der Waals surface area contributed by atoms with Crippen LogP contribution in [0.4, 0.5) is 0 Å². The molecule has 0 N–H and O–H groups in total. The van der Waals surface area contributed by atoms with Gasteiger partial charge in [0.05, 0.1) is 12.1 Å². The molecule has 0 saturated carbocycles. The van der Waals surface area contributed by atoms with Gasteiger partial charge >= 0.3 is 0 Å². The van der Waals surface area contributed by atoms with E-state index in [2.05, 4.69) is 0 Å². The lowest BCUT2D eigenvalue weighted by Crippen LogP contribution is -2.26. The normalized spacial score (nSPS) is 11.7. The lowest BCUT2D eigenvalue weighted by atomic mass is 10.1. The molecule has 0 fully saturated rings. The molecule has 0 saturated heterocycles. The molecule has 7 heteroatoms. The van der Waals surface area contributed by atoms with Crippen molar-refractivity contribution >= 4 is 33.2 Å². The van der Waals surface area contributed by atoms with E-state index >= 15 is 0 Å². The third-order valence-corrected chi connectivity index (χ3v) is 6.23. The number of nitrogens with zero attached hydrogens (tertiary/aromatic N) is 1. The summed E-state index contributed by atoms with van der Waals surface area (Å²) >= 11 is 12.2. The molecule has 0 aliphatic heterocycles. The number of hydrogen-bond acceptors (Lipinski definition) is 3. The van der Waals surface area contributed by atoms with Crippen LogP contribution in [0.2, 0.25) is 10.0 Å². The van der Waals surface area contributed by atoms with Crippen molar-refractivity contribution in [2.24, 2.45) is 0 Å². The molecule has 0 aliphatic carbocycles. The van der Waals surface area contributed by atoms with Gasteiger partial charge in [-0.1, -0.05) is 53.0 Å². The van der Waals surface area contributed by atoms with Crippen LogP contribution in [-0.4, -0.2) is 26.9 Å². The number of halogens is 2. The van der Waals surface area contributed by atoms with E-state index in [0.717, 1.165) is 11.1 Å². The zero-order valence-electron chi connectivity index (χ0n) is 13.0. The highest BCUT2D eigenvalue weighted by Gasteiger charge is 2.26. The second-order valence-electron chi connectivity index (χ2n) is 5.14. The summed E-state index contributed by atoms with van der Waals surface area (Å²) < 4.78 is 31.8. The van der Waals surface area contributed by atoms with Crippen LogP contribution in [0, 0.1) is 6.92 Å². The van der Waals surface area contributed by atoms with Crippen LogP contribution in [0.1, 0.15) is 11.1 Å². The van der Waals surface area contributed by atoms with E-state index in [1.807, 2.05) is 31.2 Å². The number of aryl methyl sites for hydroxylation is 1. The van der Waals surface area contributed by atoms with Gasteiger partial charge < -0.3 is 4.74 Å². The van der Waals surface area contributed by atoms with Gasteiger partial charge in [0.25, 0.3) is 0 Å². The van der Waals surface area contributed by atoms with Gasteiger partial charge in [-0.2, -0.15) is 4.31 Å². The monoisotopic (exact) mass is 373 g/mol. The first-order valence-corrected chi connectivity index (χ1v) is 9.01. The predicted molar refractivity (Wildman–Crippen MR) is 92.8 cm³/mol. The summed E-state index contributed by atoms with van der Waals surface area (Å²) in [6, 6.07) is 10.5. The Balaban J connectivity index is 2.36. The van der Waals surface area contributed by atoms with Gasteiger partial charge in [-0.25, -0.2) is 8.42 Å². The lowest BCUT2D eigenvalue weighted by molar-refractivity contribution is 0.414. The van der Waals surface area contributed by atoms with E-state index in [4.69, 9.17) is 27.9 Å². The van der Waals surface area contributed by atoms with E-state index in [0.29, 0.717) is 5.75 Å². The van der Waals surface area contributed by atoms with E-state index in [9.17, 15) is 8.42 Å². The fraction of sp³-hybridized carbons (Fsp3) is 0.250. The highest BCUT2D eigenvalue weighted by atomic mass is 35.5. The number of rotatable bonds is 5. The summed E-state index contributed by atoms with van der Waals surface area (Å²) in [6.45, 7) is 2.20. The molecule has 0 unspecified atom stereocenters. The average molecular weight is 374 g/mol. The quantitative estimate of drug-likeness (QED) is 0.791. The molecule has 2 aromatic rings. The molecule has 0 aliphatic rings. The van der Waals surface area contributed by atoms with Crippen molar-refractivity contribution in [1.82, 2.24) is 4.31 Å². The number of hydrogen-bond donors (Lipinski definition) is 0. The van der Waals surface area contributed by atoms with Crippen molar-refractivity contribution in [2.75, 3.05) is 14.2 Å². The van der Waals surface area contributed by atoms with Gasteiger partial charge in [0.2, 0.25) is 10.0 Å². The number of methoxy groups -OCH3 is 1. The molecule has 2 aromatic carbocycles. The smallest absolute Gasteiger partial charge is 0.244 e. The van der Waals surface area contributed by atoms with Crippen molar-refractivity contribution in [3.05, 3.63) is 57.6 Å². The third-order valence-electron chi connectivity index (χ3n) is 3.41. The highest BCUT2D eigenvalue weighted by Crippen LogP contribution is 2.37. The Morgan fingerprint density at radius 3 is 2.43 bits per heavy atom.